The van der Waals surface area contributed by atoms with Crippen LogP contribution in [0.2, 0.25) is 0 Å². The highest BCUT2D eigenvalue weighted by Gasteiger charge is 2.25. The van der Waals surface area contributed by atoms with E-state index in [2.05, 4.69) is 26.6 Å². The summed E-state index contributed by atoms with van der Waals surface area (Å²) in [5.74, 6) is 1.38. The van der Waals surface area contributed by atoms with Gasteiger partial charge in [-0.3, -0.25) is 0 Å². The zero-order chi connectivity index (χ0) is 19.1. The average molecular weight is 498 g/mol. The van der Waals surface area contributed by atoms with Crippen LogP contribution in [0.25, 0.3) is 0 Å². The Hall–Kier alpha value is -2.03. The van der Waals surface area contributed by atoms with Crippen molar-refractivity contribution in [2.24, 2.45) is 4.99 Å². The Labute approximate surface area is 183 Å². The normalized spacial score (nSPS) is 16.5. The summed E-state index contributed by atoms with van der Waals surface area (Å²) in [6, 6.07) is 15.1. The molecule has 0 saturated carbocycles. The zero-order valence-corrected chi connectivity index (χ0v) is 18.7. The molecule has 152 valence electrons. The molecule has 0 spiro atoms. The third-order valence-electron chi connectivity index (χ3n) is 4.66. The first-order valence-electron chi connectivity index (χ1n) is 9.37. The van der Waals surface area contributed by atoms with E-state index in [4.69, 9.17) is 4.74 Å². The van der Waals surface area contributed by atoms with Crippen molar-refractivity contribution in [3.8, 4) is 5.75 Å². The van der Waals surface area contributed by atoms with E-state index >= 15 is 0 Å². The van der Waals surface area contributed by atoms with E-state index in [1.807, 2.05) is 31.2 Å². The standard InChI is InChI=1S/C21H27FN4O.HI/c1-3-23-21(24-14-16-8-4-5-9-18(16)22)25-17-12-13-26(15-17)19-10-6-7-11-20(19)27-2;/h4-11,17H,3,12-15H2,1-2H3,(H2,23,24,25);1H. The fourth-order valence-corrected chi connectivity index (χ4v) is 3.29. The van der Waals surface area contributed by atoms with Gasteiger partial charge in [0.05, 0.1) is 19.3 Å². The number of ether oxygens (including phenoxy) is 1. The summed E-state index contributed by atoms with van der Waals surface area (Å²) in [5, 5.41) is 6.73. The number of rotatable bonds is 6. The van der Waals surface area contributed by atoms with Gasteiger partial charge >= 0.3 is 0 Å². The lowest BCUT2D eigenvalue weighted by Crippen LogP contribution is -2.44. The van der Waals surface area contributed by atoms with Crippen molar-refractivity contribution < 1.29 is 9.13 Å². The summed E-state index contributed by atoms with van der Waals surface area (Å²) < 4.78 is 19.3. The van der Waals surface area contributed by atoms with E-state index in [1.165, 1.54) is 6.07 Å². The molecule has 1 saturated heterocycles. The quantitative estimate of drug-likeness (QED) is 0.362. The van der Waals surface area contributed by atoms with Crippen LogP contribution in [0, 0.1) is 5.82 Å². The van der Waals surface area contributed by atoms with E-state index in [0.29, 0.717) is 18.1 Å². The number of guanidine groups is 1. The maximum absolute atomic E-state index is 13.8. The Morgan fingerprint density at radius 3 is 2.71 bits per heavy atom. The molecule has 3 rings (SSSR count). The minimum Gasteiger partial charge on any atom is -0.495 e. The predicted octanol–water partition coefficient (Wildman–Crippen LogP) is 3.79. The molecule has 2 N–H and O–H groups in total. The van der Waals surface area contributed by atoms with E-state index in [0.717, 1.165) is 37.5 Å². The van der Waals surface area contributed by atoms with Gasteiger partial charge in [0.15, 0.2) is 5.96 Å². The van der Waals surface area contributed by atoms with Gasteiger partial charge in [-0.15, -0.1) is 24.0 Å². The average Bonchev–Trinajstić information content (AvgIpc) is 3.15. The van der Waals surface area contributed by atoms with Gasteiger partial charge in [-0.05, 0) is 31.5 Å². The molecule has 2 aromatic carbocycles. The van der Waals surface area contributed by atoms with Gasteiger partial charge in [0, 0.05) is 31.2 Å². The first-order chi connectivity index (χ1) is 13.2. The number of hydrogen-bond acceptors (Lipinski definition) is 3. The van der Waals surface area contributed by atoms with Gasteiger partial charge in [0.2, 0.25) is 0 Å². The van der Waals surface area contributed by atoms with Crippen molar-refractivity contribution in [3.05, 3.63) is 59.9 Å². The molecule has 0 radical (unpaired) electrons. The molecule has 0 aromatic heterocycles. The fraction of sp³-hybridized carbons (Fsp3) is 0.381. The minimum atomic E-state index is -0.222. The molecule has 1 fully saturated rings. The van der Waals surface area contributed by atoms with Gasteiger partial charge in [0.25, 0.3) is 0 Å². The van der Waals surface area contributed by atoms with E-state index in [-0.39, 0.29) is 35.8 Å². The van der Waals surface area contributed by atoms with Crippen molar-refractivity contribution in [2.45, 2.75) is 25.9 Å². The molecular weight excluding hydrogens is 470 g/mol. The topological polar surface area (TPSA) is 48.9 Å². The summed E-state index contributed by atoms with van der Waals surface area (Å²) in [6.45, 7) is 4.91. The zero-order valence-electron chi connectivity index (χ0n) is 16.3. The number of nitrogens with zero attached hydrogens (tertiary/aromatic N) is 2. The van der Waals surface area contributed by atoms with Crippen molar-refractivity contribution >= 4 is 35.6 Å². The van der Waals surface area contributed by atoms with Crippen LogP contribution < -0.4 is 20.3 Å². The summed E-state index contributed by atoms with van der Waals surface area (Å²) in [6.07, 6.45) is 1.00. The Bertz CT molecular complexity index is 787. The summed E-state index contributed by atoms with van der Waals surface area (Å²) >= 11 is 0. The largest absolute Gasteiger partial charge is 0.495 e. The Morgan fingerprint density at radius 1 is 1.21 bits per heavy atom. The molecule has 0 amide bonds. The van der Waals surface area contributed by atoms with Crippen LogP contribution in [-0.4, -0.2) is 38.7 Å². The number of anilines is 1. The van der Waals surface area contributed by atoms with Crippen LogP contribution in [0.4, 0.5) is 10.1 Å². The fourth-order valence-electron chi connectivity index (χ4n) is 3.29. The highest BCUT2D eigenvalue weighted by atomic mass is 127. The van der Waals surface area contributed by atoms with Gasteiger partial charge in [-0.1, -0.05) is 30.3 Å². The Kier molecular flexibility index (Phi) is 8.82. The molecule has 7 heteroatoms. The lowest BCUT2D eigenvalue weighted by atomic mass is 10.2. The Morgan fingerprint density at radius 2 is 1.96 bits per heavy atom. The highest BCUT2D eigenvalue weighted by Crippen LogP contribution is 2.30. The van der Waals surface area contributed by atoms with Crippen molar-refractivity contribution in [3.63, 3.8) is 0 Å². The number of methoxy groups -OCH3 is 1. The van der Waals surface area contributed by atoms with Crippen LogP contribution in [0.15, 0.2) is 53.5 Å². The Balaban J connectivity index is 0.00000280. The van der Waals surface area contributed by atoms with Crippen molar-refractivity contribution in [1.82, 2.24) is 10.6 Å². The second-order valence-electron chi connectivity index (χ2n) is 6.53. The minimum absolute atomic E-state index is 0. The maximum atomic E-state index is 13.8. The van der Waals surface area contributed by atoms with E-state index in [9.17, 15) is 4.39 Å². The first kappa shape index (κ1) is 22.3. The number of aliphatic imine (C=N–C) groups is 1. The molecule has 28 heavy (non-hydrogen) atoms. The van der Waals surface area contributed by atoms with Gasteiger partial charge in [-0.2, -0.15) is 0 Å². The molecule has 2 aromatic rings. The maximum Gasteiger partial charge on any atom is 0.191 e. The second-order valence-corrected chi connectivity index (χ2v) is 6.53. The molecule has 1 atom stereocenters. The smallest absolute Gasteiger partial charge is 0.191 e. The van der Waals surface area contributed by atoms with Gasteiger partial charge in [-0.25, -0.2) is 9.38 Å². The molecule has 5 nitrogen and oxygen atoms in total. The third-order valence-corrected chi connectivity index (χ3v) is 4.66. The van der Waals surface area contributed by atoms with Crippen LogP contribution in [0.1, 0.15) is 18.9 Å². The second kappa shape index (κ2) is 11.1. The van der Waals surface area contributed by atoms with Crippen LogP contribution in [0.3, 0.4) is 0 Å². The molecule has 0 bridgehead atoms. The monoisotopic (exact) mass is 498 g/mol. The van der Waals surface area contributed by atoms with E-state index < -0.39 is 0 Å². The molecule has 1 heterocycles. The van der Waals surface area contributed by atoms with Crippen LogP contribution in [-0.2, 0) is 6.54 Å². The highest BCUT2D eigenvalue weighted by molar-refractivity contribution is 14.0. The van der Waals surface area contributed by atoms with Crippen molar-refractivity contribution in [2.75, 3.05) is 31.6 Å². The van der Waals surface area contributed by atoms with Gasteiger partial charge < -0.3 is 20.3 Å². The summed E-state index contributed by atoms with van der Waals surface area (Å²) in [4.78, 5) is 6.87. The molecular formula is C21H28FIN4O. The van der Waals surface area contributed by atoms with Crippen LogP contribution in [0.5, 0.6) is 5.75 Å². The molecule has 0 aliphatic carbocycles. The first-order valence-corrected chi connectivity index (χ1v) is 9.37. The number of hydrogen-bond donors (Lipinski definition) is 2. The lowest BCUT2D eigenvalue weighted by molar-refractivity contribution is 0.415. The van der Waals surface area contributed by atoms with Gasteiger partial charge in [0.1, 0.15) is 11.6 Å². The SMILES string of the molecule is CCNC(=NCc1ccccc1F)NC1CCN(c2ccccc2OC)C1.I. The van der Waals surface area contributed by atoms with Crippen molar-refractivity contribution in [1.29, 1.82) is 0 Å². The number of halogens is 2. The van der Waals surface area contributed by atoms with E-state index in [1.54, 1.807) is 19.2 Å². The summed E-state index contributed by atoms with van der Waals surface area (Å²) in [7, 11) is 1.70. The molecule has 1 aliphatic heterocycles. The lowest BCUT2D eigenvalue weighted by Gasteiger charge is -2.22. The number of nitrogens with one attached hydrogen (secondary N) is 2. The summed E-state index contributed by atoms with van der Waals surface area (Å²) in [5.41, 5.74) is 1.70. The number of benzene rings is 2. The van der Waals surface area contributed by atoms with Crippen LogP contribution >= 0.6 is 24.0 Å². The molecule has 1 aliphatic rings. The number of para-hydroxylation sites is 2. The molecule has 1 unspecified atom stereocenters. The third kappa shape index (κ3) is 5.73. The predicted molar refractivity (Wildman–Crippen MR) is 123 cm³/mol.